The average molecular weight is 455 g/mol. The zero-order chi connectivity index (χ0) is 23.1. The van der Waals surface area contributed by atoms with E-state index in [2.05, 4.69) is 43.2 Å². The van der Waals surface area contributed by atoms with Gasteiger partial charge in [-0.05, 0) is 51.3 Å². The van der Waals surface area contributed by atoms with Crippen molar-refractivity contribution in [2.24, 2.45) is 5.92 Å². The van der Waals surface area contributed by atoms with E-state index in [4.69, 9.17) is 0 Å². The van der Waals surface area contributed by atoms with Gasteiger partial charge in [-0.25, -0.2) is 0 Å². The van der Waals surface area contributed by atoms with Gasteiger partial charge in [-0.15, -0.1) is 10.2 Å². The Morgan fingerprint density at radius 1 is 1.16 bits per heavy atom. The second kappa shape index (κ2) is 11.0. The first-order valence-corrected chi connectivity index (χ1v) is 12.3. The normalized spacial score (nSPS) is 17.5. The molecule has 1 aliphatic heterocycles. The molecule has 3 rings (SSSR count). The lowest BCUT2D eigenvalue weighted by molar-refractivity contribution is -0.121. The van der Waals surface area contributed by atoms with Gasteiger partial charge in [0, 0.05) is 0 Å². The molecular formula is C24H34N6OS. The molecule has 1 aromatic heterocycles. The zero-order valence-electron chi connectivity index (χ0n) is 19.5. The summed E-state index contributed by atoms with van der Waals surface area (Å²) in [6, 6.07) is 12.5. The van der Waals surface area contributed by atoms with Crippen LogP contribution >= 0.6 is 11.8 Å². The number of nitriles is 1. The number of benzene rings is 1. The number of nitrogens with one attached hydrogen (secondary N) is 1. The van der Waals surface area contributed by atoms with Crippen molar-refractivity contribution in [1.29, 1.82) is 5.26 Å². The van der Waals surface area contributed by atoms with Crippen molar-refractivity contribution < 1.29 is 4.79 Å². The van der Waals surface area contributed by atoms with Crippen molar-refractivity contribution in [1.82, 2.24) is 25.0 Å². The summed E-state index contributed by atoms with van der Waals surface area (Å²) in [5.41, 5.74) is 0.270. The highest BCUT2D eigenvalue weighted by Gasteiger charge is 2.32. The van der Waals surface area contributed by atoms with Crippen molar-refractivity contribution >= 4 is 17.7 Å². The molecule has 8 heteroatoms. The lowest BCUT2D eigenvalue weighted by atomic mass is 9.90. The molecule has 1 fully saturated rings. The minimum atomic E-state index is -0.900. The summed E-state index contributed by atoms with van der Waals surface area (Å²) < 4.78 is 2.13. The van der Waals surface area contributed by atoms with Gasteiger partial charge in [0.15, 0.2) is 5.16 Å². The van der Waals surface area contributed by atoms with Gasteiger partial charge in [-0.2, -0.15) is 5.26 Å². The van der Waals surface area contributed by atoms with Crippen LogP contribution in [-0.2, 0) is 17.9 Å². The molecule has 0 spiro atoms. The van der Waals surface area contributed by atoms with E-state index >= 15 is 0 Å². The Kier molecular flexibility index (Phi) is 8.32. The number of hydrogen-bond donors (Lipinski definition) is 1. The molecule has 0 bridgehead atoms. The minimum Gasteiger partial charge on any atom is -0.337 e. The van der Waals surface area contributed by atoms with Crippen LogP contribution in [0.2, 0.25) is 0 Å². The van der Waals surface area contributed by atoms with E-state index in [1.54, 1.807) is 6.92 Å². The monoisotopic (exact) mass is 454 g/mol. The minimum absolute atomic E-state index is 0.00605. The van der Waals surface area contributed by atoms with Crippen molar-refractivity contribution in [3.05, 3.63) is 41.7 Å². The lowest BCUT2D eigenvalue weighted by Crippen LogP contribution is -2.51. The molecular weight excluding hydrogens is 420 g/mol. The maximum absolute atomic E-state index is 12.9. The highest BCUT2D eigenvalue weighted by molar-refractivity contribution is 8.00. The number of nitrogens with zero attached hydrogens (tertiary/aromatic N) is 5. The number of carbonyl (C=O) groups is 1. The quantitative estimate of drug-likeness (QED) is 0.579. The molecule has 1 N–H and O–H groups in total. The summed E-state index contributed by atoms with van der Waals surface area (Å²) in [5.74, 6) is 0.765. The SMILES string of the molecule is CC(Sc1nnc(CN2CCCCC2)n1Cc1ccccc1)C(=O)NC(C)(C#N)C(C)C. The molecule has 2 unspecified atom stereocenters. The molecule has 172 valence electrons. The second-order valence-electron chi connectivity index (χ2n) is 9.03. The fourth-order valence-corrected chi connectivity index (χ4v) is 4.50. The molecule has 0 saturated carbocycles. The first-order valence-electron chi connectivity index (χ1n) is 11.4. The van der Waals surface area contributed by atoms with Crippen LogP contribution in [0.5, 0.6) is 0 Å². The number of carbonyl (C=O) groups excluding carboxylic acids is 1. The van der Waals surface area contributed by atoms with Crippen LogP contribution in [0.4, 0.5) is 0 Å². The maximum Gasteiger partial charge on any atom is 0.234 e. The molecule has 1 amide bonds. The summed E-state index contributed by atoms with van der Waals surface area (Å²) in [7, 11) is 0. The maximum atomic E-state index is 12.9. The largest absolute Gasteiger partial charge is 0.337 e. The van der Waals surface area contributed by atoms with Crippen LogP contribution in [0, 0.1) is 17.2 Å². The Balaban J connectivity index is 1.78. The fraction of sp³-hybridized carbons (Fsp3) is 0.583. The molecule has 0 radical (unpaired) electrons. The Hall–Kier alpha value is -2.37. The molecule has 2 aromatic rings. The molecule has 7 nitrogen and oxygen atoms in total. The fourth-order valence-electron chi connectivity index (χ4n) is 3.64. The number of hydrogen-bond acceptors (Lipinski definition) is 6. The zero-order valence-corrected chi connectivity index (χ0v) is 20.4. The van der Waals surface area contributed by atoms with Crippen LogP contribution in [0.15, 0.2) is 35.5 Å². The summed E-state index contributed by atoms with van der Waals surface area (Å²) in [5, 5.41) is 21.7. The Morgan fingerprint density at radius 3 is 2.47 bits per heavy atom. The van der Waals surface area contributed by atoms with E-state index in [9.17, 15) is 10.1 Å². The van der Waals surface area contributed by atoms with E-state index in [1.165, 1.54) is 36.6 Å². The number of thioether (sulfide) groups is 1. The van der Waals surface area contributed by atoms with E-state index < -0.39 is 10.8 Å². The first kappa shape index (κ1) is 24.3. The van der Waals surface area contributed by atoms with Gasteiger partial charge in [0.2, 0.25) is 5.91 Å². The second-order valence-corrected chi connectivity index (χ2v) is 10.3. The van der Waals surface area contributed by atoms with E-state index in [-0.39, 0.29) is 11.8 Å². The van der Waals surface area contributed by atoms with Gasteiger partial charge in [-0.1, -0.05) is 62.4 Å². The summed E-state index contributed by atoms with van der Waals surface area (Å²) >= 11 is 1.39. The smallest absolute Gasteiger partial charge is 0.234 e. The first-order chi connectivity index (χ1) is 15.3. The van der Waals surface area contributed by atoms with Crippen LogP contribution in [0.3, 0.4) is 0 Å². The Bertz CT molecular complexity index is 932. The number of piperidine rings is 1. The number of amides is 1. The van der Waals surface area contributed by atoms with Gasteiger partial charge in [0.25, 0.3) is 0 Å². The number of likely N-dealkylation sites (tertiary alicyclic amines) is 1. The highest BCUT2D eigenvalue weighted by atomic mass is 32.2. The molecule has 32 heavy (non-hydrogen) atoms. The lowest BCUT2D eigenvalue weighted by Gasteiger charge is -2.28. The third-order valence-electron chi connectivity index (χ3n) is 6.21. The summed E-state index contributed by atoms with van der Waals surface area (Å²) in [6.45, 7) is 11.1. The predicted molar refractivity (Wildman–Crippen MR) is 127 cm³/mol. The van der Waals surface area contributed by atoms with Gasteiger partial charge in [-0.3, -0.25) is 9.69 Å². The molecule has 0 aliphatic carbocycles. The topological polar surface area (TPSA) is 86.8 Å². The van der Waals surface area contributed by atoms with Crippen LogP contribution < -0.4 is 5.32 Å². The van der Waals surface area contributed by atoms with Crippen LogP contribution in [-0.4, -0.2) is 49.4 Å². The van der Waals surface area contributed by atoms with Crippen LogP contribution in [0.1, 0.15) is 58.3 Å². The average Bonchev–Trinajstić information content (AvgIpc) is 3.15. The van der Waals surface area contributed by atoms with Crippen molar-refractivity contribution in [2.75, 3.05) is 13.1 Å². The molecule has 1 aromatic carbocycles. The molecule has 2 atom stereocenters. The van der Waals surface area contributed by atoms with Gasteiger partial charge >= 0.3 is 0 Å². The predicted octanol–water partition coefficient (Wildman–Crippen LogP) is 3.85. The molecule has 2 heterocycles. The van der Waals surface area contributed by atoms with Crippen molar-refractivity contribution in [2.45, 2.75) is 76.0 Å². The molecule has 1 aliphatic rings. The van der Waals surface area contributed by atoms with E-state index in [0.29, 0.717) is 6.54 Å². The number of aromatic nitrogens is 3. The third kappa shape index (κ3) is 6.11. The Morgan fingerprint density at radius 2 is 1.84 bits per heavy atom. The summed E-state index contributed by atoms with van der Waals surface area (Å²) in [6.07, 6.45) is 3.73. The van der Waals surface area contributed by atoms with E-state index in [0.717, 1.165) is 30.6 Å². The third-order valence-corrected chi connectivity index (χ3v) is 7.29. The van der Waals surface area contributed by atoms with Gasteiger partial charge < -0.3 is 9.88 Å². The van der Waals surface area contributed by atoms with Crippen molar-refractivity contribution in [3.63, 3.8) is 0 Å². The van der Waals surface area contributed by atoms with Crippen LogP contribution in [0.25, 0.3) is 0 Å². The highest BCUT2D eigenvalue weighted by Crippen LogP contribution is 2.26. The standard InChI is InChI=1S/C24H34N6OS/c1-18(2)24(4,17-25)26-22(31)19(3)32-23-28-27-21(16-29-13-9-6-10-14-29)30(23)15-20-11-7-5-8-12-20/h5,7-8,11-12,18-19H,6,9-10,13-16H2,1-4H3,(H,26,31). The van der Waals surface area contributed by atoms with Crippen molar-refractivity contribution in [3.8, 4) is 6.07 Å². The summed E-state index contributed by atoms with van der Waals surface area (Å²) in [4.78, 5) is 15.3. The number of rotatable bonds is 9. The molecule has 1 saturated heterocycles. The van der Waals surface area contributed by atoms with Gasteiger partial charge in [0.1, 0.15) is 11.4 Å². The Labute approximate surface area is 195 Å². The van der Waals surface area contributed by atoms with E-state index in [1.807, 2.05) is 39.0 Å². The van der Waals surface area contributed by atoms with Gasteiger partial charge in [0.05, 0.1) is 24.4 Å².